The Kier molecular flexibility index (Phi) is 4.94. The minimum absolute atomic E-state index is 0.0587. The van der Waals surface area contributed by atoms with Crippen molar-refractivity contribution in [3.05, 3.63) is 62.7 Å². The number of benzene rings is 2. The maximum atomic E-state index is 13.6. The largest absolute Gasteiger partial charge is 0.484 e. The van der Waals surface area contributed by atoms with Gasteiger partial charge in [0, 0.05) is 5.02 Å². The lowest BCUT2D eigenvalue weighted by Crippen LogP contribution is -1.97. The van der Waals surface area contributed by atoms with Gasteiger partial charge in [-0.15, -0.1) is 10.2 Å². The van der Waals surface area contributed by atoms with Gasteiger partial charge >= 0.3 is 0 Å². The molecule has 8 heteroatoms. The molecule has 3 aromatic rings. The lowest BCUT2D eigenvalue weighted by Gasteiger charge is -2.06. The fourth-order valence-electron chi connectivity index (χ4n) is 2.02. The van der Waals surface area contributed by atoms with Crippen molar-refractivity contribution in [2.24, 2.45) is 0 Å². The van der Waals surface area contributed by atoms with Crippen molar-refractivity contribution in [3.8, 4) is 17.2 Å². The van der Waals surface area contributed by atoms with Gasteiger partial charge in [0.25, 0.3) is 5.89 Å². The molecule has 0 saturated carbocycles. The Labute approximate surface area is 152 Å². The van der Waals surface area contributed by atoms with Crippen LogP contribution in [0.5, 0.6) is 5.75 Å². The summed E-state index contributed by atoms with van der Waals surface area (Å²) >= 11 is 17.6. The highest BCUT2D eigenvalue weighted by Gasteiger charge is 2.15. The van der Waals surface area contributed by atoms with E-state index >= 15 is 0 Å². The van der Waals surface area contributed by atoms with Gasteiger partial charge < -0.3 is 9.15 Å². The fraction of sp³-hybridized carbons (Fsp3) is 0.125. The van der Waals surface area contributed by atoms with E-state index < -0.39 is 5.82 Å². The molecule has 24 heavy (non-hydrogen) atoms. The second-order valence-electron chi connectivity index (χ2n) is 4.95. The first-order chi connectivity index (χ1) is 11.4. The van der Waals surface area contributed by atoms with Crippen LogP contribution in [-0.2, 0) is 6.61 Å². The zero-order valence-corrected chi connectivity index (χ0v) is 14.6. The Morgan fingerprint density at radius 3 is 2.62 bits per heavy atom. The van der Waals surface area contributed by atoms with Crippen molar-refractivity contribution in [1.82, 2.24) is 10.2 Å². The van der Waals surface area contributed by atoms with E-state index in [0.29, 0.717) is 10.8 Å². The summed E-state index contributed by atoms with van der Waals surface area (Å²) in [6.45, 7) is 1.93. The summed E-state index contributed by atoms with van der Waals surface area (Å²) in [6.07, 6.45) is 0. The normalized spacial score (nSPS) is 10.9. The van der Waals surface area contributed by atoms with Crippen LogP contribution in [0, 0.1) is 12.7 Å². The third-order valence-corrected chi connectivity index (χ3v) is 4.03. The molecule has 0 amide bonds. The molecule has 0 aliphatic carbocycles. The molecule has 0 saturated heterocycles. The SMILES string of the molecule is Cc1cc(Cl)ccc1OCc1nnc(-c2cc(F)c(Cl)cc2Cl)o1. The van der Waals surface area contributed by atoms with Crippen molar-refractivity contribution >= 4 is 34.8 Å². The Bertz CT molecular complexity index is 899. The lowest BCUT2D eigenvalue weighted by molar-refractivity contribution is 0.263. The molecule has 0 unspecified atom stereocenters. The number of hydrogen-bond donors (Lipinski definition) is 0. The fourth-order valence-corrected chi connectivity index (χ4v) is 2.71. The molecule has 2 aromatic carbocycles. The lowest BCUT2D eigenvalue weighted by atomic mass is 10.2. The molecular formula is C16H10Cl3FN2O2. The highest BCUT2D eigenvalue weighted by Crippen LogP contribution is 2.31. The molecule has 0 atom stereocenters. The van der Waals surface area contributed by atoms with E-state index in [0.717, 1.165) is 11.6 Å². The number of ether oxygens (including phenoxy) is 1. The maximum absolute atomic E-state index is 13.6. The number of hydrogen-bond acceptors (Lipinski definition) is 4. The van der Waals surface area contributed by atoms with Crippen LogP contribution >= 0.6 is 34.8 Å². The van der Waals surface area contributed by atoms with Crippen LogP contribution in [0.25, 0.3) is 11.5 Å². The minimum atomic E-state index is -0.621. The molecule has 0 N–H and O–H groups in total. The van der Waals surface area contributed by atoms with Gasteiger partial charge in [0.2, 0.25) is 5.89 Å². The summed E-state index contributed by atoms with van der Waals surface area (Å²) in [5.74, 6) is 0.339. The Hall–Kier alpha value is -1.82. The van der Waals surface area contributed by atoms with Crippen molar-refractivity contribution in [1.29, 1.82) is 0 Å². The van der Waals surface area contributed by atoms with Gasteiger partial charge in [-0.05, 0) is 42.8 Å². The van der Waals surface area contributed by atoms with E-state index in [1.807, 2.05) is 6.92 Å². The standard InChI is InChI=1S/C16H10Cl3FN2O2/c1-8-4-9(17)2-3-14(8)23-7-15-21-22-16(24-15)10-5-13(20)12(19)6-11(10)18/h2-6H,7H2,1H3. The van der Waals surface area contributed by atoms with E-state index in [1.165, 1.54) is 6.07 Å². The van der Waals surface area contributed by atoms with E-state index in [1.54, 1.807) is 18.2 Å². The quantitative estimate of drug-likeness (QED) is 0.537. The van der Waals surface area contributed by atoms with Crippen LogP contribution < -0.4 is 4.74 Å². The van der Waals surface area contributed by atoms with Crippen LogP contribution in [0.4, 0.5) is 4.39 Å². The number of rotatable bonds is 4. The van der Waals surface area contributed by atoms with Crippen LogP contribution in [0.3, 0.4) is 0 Å². The first kappa shape index (κ1) is 17.0. The Morgan fingerprint density at radius 2 is 1.88 bits per heavy atom. The molecule has 0 fully saturated rings. The summed E-state index contributed by atoms with van der Waals surface area (Å²) in [5.41, 5.74) is 1.14. The summed E-state index contributed by atoms with van der Waals surface area (Å²) in [6, 6.07) is 7.68. The zero-order chi connectivity index (χ0) is 17.3. The number of aryl methyl sites for hydroxylation is 1. The third kappa shape index (κ3) is 3.64. The highest BCUT2D eigenvalue weighted by molar-refractivity contribution is 6.36. The molecule has 0 aliphatic heterocycles. The molecule has 0 aliphatic rings. The van der Waals surface area contributed by atoms with Crippen LogP contribution in [-0.4, -0.2) is 10.2 Å². The predicted molar refractivity (Wildman–Crippen MR) is 90.2 cm³/mol. The molecule has 1 heterocycles. The average molecular weight is 388 g/mol. The van der Waals surface area contributed by atoms with E-state index in [-0.39, 0.29) is 34.0 Å². The van der Waals surface area contributed by atoms with Crippen LogP contribution in [0.15, 0.2) is 34.7 Å². The van der Waals surface area contributed by atoms with Crippen molar-refractivity contribution in [3.63, 3.8) is 0 Å². The Morgan fingerprint density at radius 1 is 1.08 bits per heavy atom. The van der Waals surface area contributed by atoms with Crippen LogP contribution in [0.1, 0.15) is 11.5 Å². The Balaban J connectivity index is 1.77. The van der Waals surface area contributed by atoms with Crippen molar-refractivity contribution in [2.75, 3.05) is 0 Å². The van der Waals surface area contributed by atoms with Gasteiger partial charge in [-0.25, -0.2) is 4.39 Å². The number of aromatic nitrogens is 2. The second-order valence-corrected chi connectivity index (χ2v) is 6.20. The molecule has 3 rings (SSSR count). The average Bonchev–Trinajstić information content (AvgIpc) is 2.99. The van der Waals surface area contributed by atoms with Gasteiger partial charge in [-0.1, -0.05) is 34.8 Å². The zero-order valence-electron chi connectivity index (χ0n) is 12.3. The summed E-state index contributed by atoms with van der Waals surface area (Å²) in [7, 11) is 0. The predicted octanol–water partition coefficient (Wildman–Crippen LogP) is 5.72. The molecule has 0 spiro atoms. The summed E-state index contributed by atoms with van der Waals surface area (Å²) < 4.78 is 24.7. The monoisotopic (exact) mass is 386 g/mol. The molecule has 124 valence electrons. The summed E-state index contributed by atoms with van der Waals surface area (Å²) in [4.78, 5) is 0. The molecule has 4 nitrogen and oxygen atoms in total. The molecule has 0 radical (unpaired) electrons. The topological polar surface area (TPSA) is 48.2 Å². The first-order valence-corrected chi connectivity index (χ1v) is 7.93. The van der Waals surface area contributed by atoms with E-state index in [9.17, 15) is 4.39 Å². The van der Waals surface area contributed by atoms with E-state index in [2.05, 4.69) is 10.2 Å². The molecular weight excluding hydrogens is 378 g/mol. The third-order valence-electron chi connectivity index (χ3n) is 3.20. The van der Waals surface area contributed by atoms with Gasteiger partial charge in [-0.2, -0.15) is 0 Å². The second kappa shape index (κ2) is 6.97. The summed E-state index contributed by atoms with van der Waals surface area (Å²) in [5, 5.41) is 8.48. The maximum Gasteiger partial charge on any atom is 0.254 e. The van der Waals surface area contributed by atoms with Gasteiger partial charge in [0.15, 0.2) is 6.61 Å². The van der Waals surface area contributed by atoms with Gasteiger partial charge in [0.1, 0.15) is 11.6 Å². The van der Waals surface area contributed by atoms with Crippen molar-refractivity contribution in [2.45, 2.75) is 13.5 Å². The van der Waals surface area contributed by atoms with E-state index in [4.69, 9.17) is 44.0 Å². The van der Waals surface area contributed by atoms with Crippen LogP contribution in [0.2, 0.25) is 15.1 Å². The highest BCUT2D eigenvalue weighted by atomic mass is 35.5. The van der Waals surface area contributed by atoms with Crippen molar-refractivity contribution < 1.29 is 13.5 Å². The minimum Gasteiger partial charge on any atom is -0.484 e. The molecule has 1 aromatic heterocycles. The van der Waals surface area contributed by atoms with Gasteiger partial charge in [0.05, 0.1) is 15.6 Å². The van der Waals surface area contributed by atoms with Gasteiger partial charge in [-0.3, -0.25) is 0 Å². The first-order valence-electron chi connectivity index (χ1n) is 6.80. The molecule has 0 bridgehead atoms. The number of halogens is 4. The number of nitrogens with zero attached hydrogens (tertiary/aromatic N) is 2. The smallest absolute Gasteiger partial charge is 0.254 e.